The van der Waals surface area contributed by atoms with Crippen molar-refractivity contribution in [2.75, 3.05) is 7.05 Å². The van der Waals surface area contributed by atoms with E-state index in [0.717, 1.165) is 4.90 Å². The predicted molar refractivity (Wildman–Crippen MR) is 72.4 cm³/mol. The third kappa shape index (κ3) is 4.32. The minimum absolute atomic E-state index is 0.277. The van der Waals surface area contributed by atoms with Gasteiger partial charge in [0.2, 0.25) is 10.0 Å². The summed E-state index contributed by atoms with van der Waals surface area (Å²) in [4.78, 5) is 23.9. The molecular weight excluding hydrogens is 284 g/mol. The molecule has 1 atom stereocenters. The lowest BCUT2D eigenvalue weighted by atomic mass is 10.1. The molecule has 0 bridgehead atoms. The topological polar surface area (TPSA) is 118 Å². The van der Waals surface area contributed by atoms with Gasteiger partial charge in [-0.25, -0.2) is 18.4 Å². The monoisotopic (exact) mass is 300 g/mol. The van der Waals surface area contributed by atoms with Crippen molar-refractivity contribution in [3.8, 4) is 0 Å². The molecule has 1 amide bonds. The van der Waals surface area contributed by atoms with Gasteiger partial charge in [-0.3, -0.25) is 4.79 Å². The van der Waals surface area contributed by atoms with Crippen LogP contribution in [0.3, 0.4) is 0 Å². The van der Waals surface area contributed by atoms with Gasteiger partial charge in [0, 0.05) is 12.6 Å². The summed E-state index contributed by atoms with van der Waals surface area (Å²) in [5, 5.41) is 13.8. The molecule has 0 spiro atoms. The van der Waals surface area contributed by atoms with Crippen molar-refractivity contribution in [1.82, 2.24) is 4.90 Å². The van der Waals surface area contributed by atoms with E-state index in [-0.39, 0.29) is 11.3 Å². The van der Waals surface area contributed by atoms with Crippen LogP contribution in [-0.2, 0) is 20.6 Å². The van der Waals surface area contributed by atoms with Crippen LogP contribution in [0.1, 0.15) is 22.8 Å². The Kier molecular flexibility index (Phi) is 4.85. The number of aliphatic carboxylic acids is 1. The number of benzene rings is 1. The molecule has 0 heterocycles. The highest BCUT2D eigenvalue weighted by Crippen LogP contribution is 2.10. The van der Waals surface area contributed by atoms with E-state index >= 15 is 0 Å². The number of sulfonamides is 1. The first kappa shape index (κ1) is 16.1. The summed E-state index contributed by atoms with van der Waals surface area (Å²) in [5.74, 6) is -1.88. The molecule has 0 saturated carbocycles. The summed E-state index contributed by atoms with van der Waals surface area (Å²) in [6.07, 6.45) is 0. The predicted octanol–water partition coefficient (Wildman–Crippen LogP) is 0.0202. The van der Waals surface area contributed by atoms with Gasteiger partial charge in [0.05, 0.1) is 5.75 Å². The zero-order chi connectivity index (χ0) is 15.5. The van der Waals surface area contributed by atoms with Crippen LogP contribution in [0, 0.1) is 0 Å². The van der Waals surface area contributed by atoms with E-state index in [1.54, 1.807) is 0 Å². The van der Waals surface area contributed by atoms with Crippen molar-refractivity contribution in [2.24, 2.45) is 5.14 Å². The highest BCUT2D eigenvalue weighted by Gasteiger charge is 2.22. The van der Waals surface area contributed by atoms with Crippen molar-refractivity contribution >= 4 is 21.9 Å². The first-order chi connectivity index (χ1) is 9.11. The Morgan fingerprint density at radius 3 is 2.20 bits per heavy atom. The lowest BCUT2D eigenvalue weighted by Crippen LogP contribution is -2.40. The average Bonchev–Trinajstić information content (AvgIpc) is 2.35. The maximum absolute atomic E-state index is 12.0. The third-order valence-corrected chi connectivity index (χ3v) is 3.56. The number of likely N-dealkylation sites (N-methyl/N-ethyl adjacent to an activating group) is 1. The minimum atomic E-state index is -3.62. The van der Waals surface area contributed by atoms with Crippen LogP contribution in [-0.4, -0.2) is 43.4 Å². The highest BCUT2D eigenvalue weighted by molar-refractivity contribution is 7.88. The maximum atomic E-state index is 12.0. The van der Waals surface area contributed by atoms with E-state index in [4.69, 9.17) is 10.2 Å². The van der Waals surface area contributed by atoms with Crippen molar-refractivity contribution in [1.29, 1.82) is 0 Å². The summed E-state index contributed by atoms with van der Waals surface area (Å²) in [7, 11) is -2.24. The molecule has 0 radical (unpaired) electrons. The number of carbonyl (C=O) groups is 2. The fraction of sp³-hybridized carbons (Fsp3) is 0.333. The van der Waals surface area contributed by atoms with E-state index in [9.17, 15) is 18.0 Å². The second-order valence-corrected chi connectivity index (χ2v) is 6.05. The Labute approximate surface area is 117 Å². The molecule has 1 unspecified atom stereocenters. The SMILES string of the molecule is CC(C(=O)O)N(C)C(=O)c1ccc(CS(N)(=O)=O)cc1. The van der Waals surface area contributed by atoms with Crippen LogP contribution in [0.4, 0.5) is 0 Å². The summed E-state index contributed by atoms with van der Waals surface area (Å²) in [6, 6.07) is 4.86. The molecule has 110 valence electrons. The van der Waals surface area contributed by atoms with E-state index in [0.29, 0.717) is 5.56 Å². The standard InChI is InChI=1S/C12H16N2O5S/c1-8(12(16)17)14(2)11(15)10-5-3-9(4-6-10)7-20(13,18)19/h3-6,8H,7H2,1-2H3,(H,16,17)(H2,13,18,19). The normalized spacial score (nSPS) is 12.8. The average molecular weight is 300 g/mol. The van der Waals surface area contributed by atoms with Crippen molar-refractivity contribution in [3.05, 3.63) is 35.4 Å². The van der Waals surface area contributed by atoms with Gasteiger partial charge in [-0.05, 0) is 24.6 Å². The molecule has 0 saturated heterocycles. The molecule has 8 heteroatoms. The van der Waals surface area contributed by atoms with Gasteiger partial charge >= 0.3 is 5.97 Å². The summed E-state index contributed by atoms with van der Waals surface area (Å²) >= 11 is 0. The van der Waals surface area contributed by atoms with Gasteiger partial charge in [0.25, 0.3) is 5.91 Å². The number of carbonyl (C=O) groups excluding carboxylic acids is 1. The summed E-state index contributed by atoms with van der Waals surface area (Å²) < 4.78 is 21.9. The largest absolute Gasteiger partial charge is 0.480 e. The number of primary sulfonamides is 1. The first-order valence-corrected chi connectivity index (χ1v) is 7.42. The summed E-state index contributed by atoms with van der Waals surface area (Å²) in [5.41, 5.74) is 0.733. The van der Waals surface area contributed by atoms with E-state index < -0.39 is 27.9 Å². The van der Waals surface area contributed by atoms with Crippen LogP contribution in [0.25, 0.3) is 0 Å². The third-order valence-electron chi connectivity index (χ3n) is 2.83. The maximum Gasteiger partial charge on any atom is 0.326 e. The molecule has 0 aliphatic heterocycles. The quantitative estimate of drug-likeness (QED) is 0.794. The van der Waals surface area contributed by atoms with Crippen molar-refractivity contribution in [2.45, 2.75) is 18.7 Å². The van der Waals surface area contributed by atoms with Gasteiger partial charge < -0.3 is 10.0 Å². The zero-order valence-corrected chi connectivity index (χ0v) is 11.9. The van der Waals surface area contributed by atoms with Crippen molar-refractivity contribution in [3.63, 3.8) is 0 Å². The molecule has 1 aromatic rings. The molecule has 7 nitrogen and oxygen atoms in total. The molecule has 0 aliphatic carbocycles. The number of rotatable bonds is 5. The Bertz CT molecular complexity index is 609. The van der Waals surface area contributed by atoms with E-state index in [1.165, 1.54) is 38.2 Å². The number of carboxylic acids is 1. The minimum Gasteiger partial charge on any atom is -0.480 e. The van der Waals surface area contributed by atoms with E-state index in [1.807, 2.05) is 0 Å². The number of nitrogens with zero attached hydrogens (tertiary/aromatic N) is 1. The molecule has 20 heavy (non-hydrogen) atoms. The molecular formula is C12H16N2O5S. The van der Waals surface area contributed by atoms with Crippen LogP contribution in [0.5, 0.6) is 0 Å². The lowest BCUT2D eigenvalue weighted by Gasteiger charge is -2.21. The number of nitrogens with two attached hydrogens (primary N) is 1. The van der Waals surface area contributed by atoms with Crippen LogP contribution in [0.2, 0.25) is 0 Å². The van der Waals surface area contributed by atoms with Crippen LogP contribution >= 0.6 is 0 Å². The van der Waals surface area contributed by atoms with E-state index in [2.05, 4.69) is 0 Å². The molecule has 1 rings (SSSR count). The Hall–Kier alpha value is -1.93. The second-order valence-electron chi connectivity index (χ2n) is 4.43. The number of amides is 1. The van der Waals surface area contributed by atoms with Crippen LogP contribution < -0.4 is 5.14 Å². The molecule has 0 fully saturated rings. The number of hydrogen-bond acceptors (Lipinski definition) is 4. The van der Waals surface area contributed by atoms with Gasteiger partial charge in [-0.1, -0.05) is 12.1 Å². The molecule has 0 aliphatic rings. The lowest BCUT2D eigenvalue weighted by molar-refractivity contribution is -0.141. The Morgan fingerprint density at radius 2 is 1.80 bits per heavy atom. The Morgan fingerprint density at radius 1 is 1.30 bits per heavy atom. The zero-order valence-electron chi connectivity index (χ0n) is 11.1. The molecule has 3 N–H and O–H groups in total. The second kappa shape index (κ2) is 6.02. The van der Waals surface area contributed by atoms with Gasteiger partial charge in [-0.15, -0.1) is 0 Å². The Balaban J connectivity index is 2.88. The van der Waals surface area contributed by atoms with Crippen molar-refractivity contribution < 1.29 is 23.1 Å². The summed E-state index contributed by atoms with van der Waals surface area (Å²) in [6.45, 7) is 1.40. The van der Waals surface area contributed by atoms with Gasteiger partial charge in [-0.2, -0.15) is 0 Å². The number of hydrogen-bond donors (Lipinski definition) is 2. The fourth-order valence-corrected chi connectivity index (χ4v) is 2.18. The van der Waals surface area contributed by atoms with Crippen LogP contribution in [0.15, 0.2) is 24.3 Å². The highest BCUT2D eigenvalue weighted by atomic mass is 32.2. The first-order valence-electron chi connectivity index (χ1n) is 5.71. The van der Waals surface area contributed by atoms with Gasteiger partial charge in [0.15, 0.2) is 0 Å². The number of carboxylic acid groups (broad SMARTS) is 1. The molecule has 1 aromatic carbocycles. The molecule has 0 aromatic heterocycles. The van der Waals surface area contributed by atoms with Gasteiger partial charge in [0.1, 0.15) is 6.04 Å². The smallest absolute Gasteiger partial charge is 0.326 e. The fourth-order valence-electron chi connectivity index (χ4n) is 1.52.